The van der Waals surface area contributed by atoms with Crippen molar-refractivity contribution in [1.82, 2.24) is 14.8 Å². The van der Waals surface area contributed by atoms with E-state index in [1.807, 2.05) is 10.6 Å². The van der Waals surface area contributed by atoms with Crippen LogP contribution in [-0.4, -0.2) is 40.4 Å². The molecule has 2 aromatic rings. The number of hydrogen-bond donors (Lipinski definition) is 1. The Bertz CT molecular complexity index is 859. The summed E-state index contributed by atoms with van der Waals surface area (Å²) in [5.74, 6) is -0.394. The van der Waals surface area contributed by atoms with Gasteiger partial charge < -0.3 is 14.3 Å². The second-order valence-corrected chi connectivity index (χ2v) is 7.80. The van der Waals surface area contributed by atoms with Crippen LogP contribution in [0.4, 0.5) is 0 Å². The second kappa shape index (κ2) is 7.04. The van der Waals surface area contributed by atoms with Crippen LogP contribution in [-0.2, 0) is 11.3 Å². The lowest BCUT2D eigenvalue weighted by Crippen LogP contribution is -2.47. The average Bonchev–Trinajstić information content (AvgIpc) is 3.32. The van der Waals surface area contributed by atoms with Gasteiger partial charge >= 0.3 is 0 Å². The SMILES string of the molecule is C=CCn1c(C(=O)N(C(=O)C2CCCNC2)C2CC2)cc2oc(Br)cc21. The van der Waals surface area contributed by atoms with E-state index in [0.717, 1.165) is 37.7 Å². The molecular formula is C19H22BrN3O3. The fraction of sp³-hybridized carbons (Fsp3) is 0.474. The third kappa shape index (κ3) is 3.14. The van der Waals surface area contributed by atoms with E-state index >= 15 is 0 Å². The van der Waals surface area contributed by atoms with Gasteiger partial charge in [0.25, 0.3) is 5.91 Å². The smallest absolute Gasteiger partial charge is 0.277 e. The molecule has 1 saturated carbocycles. The van der Waals surface area contributed by atoms with Crippen LogP contribution < -0.4 is 5.32 Å². The number of hydrogen-bond acceptors (Lipinski definition) is 4. The molecule has 2 aliphatic rings. The number of imide groups is 1. The topological polar surface area (TPSA) is 67.5 Å². The lowest BCUT2D eigenvalue weighted by molar-refractivity contribution is -0.133. The molecule has 1 unspecified atom stereocenters. The lowest BCUT2D eigenvalue weighted by atomic mass is 9.98. The van der Waals surface area contributed by atoms with Crippen LogP contribution >= 0.6 is 15.9 Å². The zero-order chi connectivity index (χ0) is 18.3. The Labute approximate surface area is 160 Å². The molecule has 6 nitrogen and oxygen atoms in total. The van der Waals surface area contributed by atoms with Crippen LogP contribution in [0.3, 0.4) is 0 Å². The Hall–Kier alpha value is -1.86. The number of carbonyl (C=O) groups excluding carboxylic acids is 2. The maximum atomic E-state index is 13.3. The normalized spacial score (nSPS) is 20.3. The first-order chi connectivity index (χ1) is 12.6. The van der Waals surface area contributed by atoms with E-state index < -0.39 is 0 Å². The first-order valence-electron chi connectivity index (χ1n) is 9.07. The van der Waals surface area contributed by atoms with Gasteiger partial charge in [-0.15, -0.1) is 6.58 Å². The summed E-state index contributed by atoms with van der Waals surface area (Å²) >= 11 is 3.33. The fourth-order valence-corrected chi connectivity index (χ4v) is 4.07. The summed E-state index contributed by atoms with van der Waals surface area (Å²) in [6.07, 6.45) is 5.33. The van der Waals surface area contributed by atoms with Gasteiger partial charge in [-0.2, -0.15) is 0 Å². The first-order valence-corrected chi connectivity index (χ1v) is 9.87. The molecule has 2 amide bonds. The van der Waals surface area contributed by atoms with E-state index in [1.165, 1.54) is 4.90 Å². The molecule has 0 spiro atoms. The van der Waals surface area contributed by atoms with E-state index in [1.54, 1.807) is 12.1 Å². The number of furan rings is 1. The van der Waals surface area contributed by atoms with Crippen LogP contribution in [0, 0.1) is 5.92 Å². The summed E-state index contributed by atoms with van der Waals surface area (Å²) in [6, 6.07) is 3.60. The summed E-state index contributed by atoms with van der Waals surface area (Å²) in [4.78, 5) is 27.9. The Morgan fingerprint density at radius 1 is 1.38 bits per heavy atom. The Morgan fingerprint density at radius 2 is 2.19 bits per heavy atom. The van der Waals surface area contributed by atoms with Crippen molar-refractivity contribution in [3.63, 3.8) is 0 Å². The maximum Gasteiger partial charge on any atom is 0.277 e. The van der Waals surface area contributed by atoms with Gasteiger partial charge in [0.1, 0.15) is 5.69 Å². The highest BCUT2D eigenvalue weighted by Crippen LogP contribution is 2.33. The number of amides is 2. The number of aromatic nitrogens is 1. The van der Waals surface area contributed by atoms with E-state index in [0.29, 0.717) is 29.0 Å². The molecule has 0 aromatic carbocycles. The van der Waals surface area contributed by atoms with Crippen molar-refractivity contribution in [2.24, 2.45) is 5.92 Å². The number of piperidine rings is 1. The molecule has 2 fully saturated rings. The quantitative estimate of drug-likeness (QED) is 0.596. The van der Waals surface area contributed by atoms with Crippen LogP contribution in [0.15, 0.2) is 33.9 Å². The molecule has 138 valence electrons. The zero-order valence-corrected chi connectivity index (χ0v) is 16.1. The highest BCUT2D eigenvalue weighted by Gasteiger charge is 2.41. The van der Waals surface area contributed by atoms with Crippen molar-refractivity contribution in [2.75, 3.05) is 13.1 Å². The highest BCUT2D eigenvalue weighted by molar-refractivity contribution is 9.10. The van der Waals surface area contributed by atoms with E-state index in [2.05, 4.69) is 27.8 Å². The molecular weight excluding hydrogens is 398 g/mol. The summed E-state index contributed by atoms with van der Waals surface area (Å²) in [7, 11) is 0. The number of nitrogens with one attached hydrogen (secondary N) is 1. The lowest BCUT2D eigenvalue weighted by Gasteiger charge is -2.28. The third-order valence-corrected chi connectivity index (χ3v) is 5.50. The number of carbonyl (C=O) groups is 2. The van der Waals surface area contributed by atoms with Crippen molar-refractivity contribution in [3.8, 4) is 0 Å². The minimum Gasteiger partial charge on any atom is -0.448 e. The Morgan fingerprint density at radius 3 is 2.85 bits per heavy atom. The van der Waals surface area contributed by atoms with Gasteiger partial charge in [0, 0.05) is 31.3 Å². The second-order valence-electron chi connectivity index (χ2n) is 7.02. The minimum atomic E-state index is -0.229. The maximum absolute atomic E-state index is 13.3. The number of allylic oxidation sites excluding steroid dienone is 1. The number of fused-ring (bicyclic) bond motifs is 1. The summed E-state index contributed by atoms with van der Waals surface area (Å²) in [6.45, 7) is 5.86. The van der Waals surface area contributed by atoms with Gasteiger partial charge in [-0.05, 0) is 48.2 Å². The largest absolute Gasteiger partial charge is 0.448 e. The molecule has 26 heavy (non-hydrogen) atoms. The monoisotopic (exact) mass is 419 g/mol. The van der Waals surface area contributed by atoms with Crippen LogP contribution in [0.5, 0.6) is 0 Å². The predicted molar refractivity (Wildman–Crippen MR) is 102 cm³/mol. The number of nitrogens with zero attached hydrogens (tertiary/aromatic N) is 2. The van der Waals surface area contributed by atoms with Gasteiger partial charge in [-0.25, -0.2) is 0 Å². The van der Waals surface area contributed by atoms with Gasteiger partial charge in [0.2, 0.25) is 5.91 Å². The predicted octanol–water partition coefficient (Wildman–Crippen LogP) is 3.31. The van der Waals surface area contributed by atoms with E-state index in [-0.39, 0.29) is 23.8 Å². The van der Waals surface area contributed by atoms with Crippen LogP contribution in [0.25, 0.3) is 11.1 Å². The molecule has 1 atom stereocenters. The fourth-order valence-electron chi connectivity index (χ4n) is 3.68. The molecule has 1 N–H and O–H groups in total. The van der Waals surface area contributed by atoms with Crippen molar-refractivity contribution in [2.45, 2.75) is 38.3 Å². The molecule has 1 saturated heterocycles. The molecule has 2 aromatic heterocycles. The first kappa shape index (κ1) is 17.5. The van der Waals surface area contributed by atoms with Gasteiger partial charge in [-0.3, -0.25) is 14.5 Å². The zero-order valence-electron chi connectivity index (χ0n) is 14.5. The minimum absolute atomic E-state index is 0.0297. The number of rotatable bonds is 5. The van der Waals surface area contributed by atoms with E-state index in [9.17, 15) is 9.59 Å². The molecule has 0 bridgehead atoms. The molecule has 3 heterocycles. The van der Waals surface area contributed by atoms with Gasteiger partial charge in [0.05, 0.1) is 11.4 Å². The molecule has 7 heteroatoms. The van der Waals surface area contributed by atoms with Crippen LogP contribution in [0.1, 0.15) is 36.2 Å². The van der Waals surface area contributed by atoms with Crippen molar-refractivity contribution >= 4 is 38.8 Å². The highest BCUT2D eigenvalue weighted by atomic mass is 79.9. The van der Waals surface area contributed by atoms with E-state index in [4.69, 9.17) is 4.42 Å². The molecule has 4 rings (SSSR count). The third-order valence-electron chi connectivity index (χ3n) is 5.10. The van der Waals surface area contributed by atoms with Crippen molar-refractivity contribution < 1.29 is 14.0 Å². The molecule has 1 aliphatic carbocycles. The summed E-state index contributed by atoms with van der Waals surface area (Å²) in [5.41, 5.74) is 1.93. The van der Waals surface area contributed by atoms with Gasteiger partial charge in [-0.1, -0.05) is 6.08 Å². The Kier molecular flexibility index (Phi) is 4.75. The van der Waals surface area contributed by atoms with Crippen molar-refractivity contribution in [1.29, 1.82) is 0 Å². The van der Waals surface area contributed by atoms with Gasteiger partial charge in [0.15, 0.2) is 10.3 Å². The summed E-state index contributed by atoms with van der Waals surface area (Å²) in [5, 5.41) is 3.27. The van der Waals surface area contributed by atoms with Crippen LogP contribution in [0.2, 0.25) is 0 Å². The summed E-state index contributed by atoms with van der Waals surface area (Å²) < 4.78 is 8.09. The standard InChI is InChI=1S/C19H22BrN3O3/c1-2-8-22-14-10-17(20)26-16(14)9-15(22)19(25)23(13-5-6-13)18(24)12-4-3-7-21-11-12/h2,9-10,12-13,21H,1,3-8,11H2. The molecule has 1 aliphatic heterocycles. The average molecular weight is 420 g/mol. The van der Waals surface area contributed by atoms with Crippen molar-refractivity contribution in [3.05, 3.63) is 35.2 Å². The molecule has 0 radical (unpaired) electrons. The number of halogens is 1. The Balaban J connectivity index is 1.68.